The number of guanidine groups is 1. The van der Waals surface area contributed by atoms with E-state index in [0.29, 0.717) is 24.2 Å². The van der Waals surface area contributed by atoms with Crippen LogP contribution in [0.1, 0.15) is 25.3 Å². The summed E-state index contributed by atoms with van der Waals surface area (Å²) in [7, 11) is 3.42. The molecule has 0 radical (unpaired) electrons. The monoisotopic (exact) mass is 332 g/mol. The topological polar surface area (TPSA) is 71.2 Å². The maximum absolute atomic E-state index is 11.6. The highest BCUT2D eigenvalue weighted by molar-refractivity contribution is 5.78. The van der Waals surface area contributed by atoms with Crippen molar-refractivity contribution in [3.05, 3.63) is 29.8 Å². The number of piperidine rings is 1. The van der Waals surface area contributed by atoms with Gasteiger partial charge in [-0.1, -0.05) is 19.1 Å². The largest absolute Gasteiger partial charge is 0.484 e. The molecule has 6 heteroatoms. The number of amides is 1. The molecule has 0 spiro atoms. The molecule has 1 fully saturated rings. The number of likely N-dealkylation sites (tertiary alicyclic amines) is 1. The van der Waals surface area contributed by atoms with Gasteiger partial charge < -0.3 is 20.3 Å². The number of carbonyl (C=O) groups excluding carboxylic acids is 1. The van der Waals surface area contributed by atoms with Crippen molar-refractivity contribution in [1.82, 2.24) is 9.80 Å². The van der Waals surface area contributed by atoms with Crippen LogP contribution in [-0.2, 0) is 11.3 Å². The summed E-state index contributed by atoms with van der Waals surface area (Å²) < 4.78 is 5.53. The molecule has 1 aromatic carbocycles. The fraction of sp³-hybridized carbons (Fsp3) is 0.556. The molecule has 1 saturated heterocycles. The molecule has 0 aliphatic carbocycles. The molecule has 2 rings (SSSR count). The van der Waals surface area contributed by atoms with Gasteiger partial charge in [-0.15, -0.1) is 0 Å². The Labute approximate surface area is 144 Å². The van der Waals surface area contributed by atoms with E-state index < -0.39 is 0 Å². The van der Waals surface area contributed by atoms with E-state index in [1.165, 1.54) is 17.7 Å². The van der Waals surface area contributed by atoms with Crippen LogP contribution in [0.5, 0.6) is 5.75 Å². The SMILES string of the molecule is CC1CCCN(C(N)=NCc2cccc(OCC(=O)N(C)C)c2)C1. The van der Waals surface area contributed by atoms with Crippen LogP contribution < -0.4 is 10.5 Å². The summed E-state index contributed by atoms with van der Waals surface area (Å²) in [5, 5.41) is 0. The zero-order chi connectivity index (χ0) is 17.5. The Morgan fingerprint density at radius 1 is 1.46 bits per heavy atom. The number of nitrogens with two attached hydrogens (primary N) is 1. The van der Waals surface area contributed by atoms with Gasteiger partial charge in [0.05, 0.1) is 6.54 Å². The van der Waals surface area contributed by atoms with E-state index in [4.69, 9.17) is 10.5 Å². The van der Waals surface area contributed by atoms with Gasteiger partial charge in [0.15, 0.2) is 12.6 Å². The predicted molar refractivity (Wildman–Crippen MR) is 95.9 cm³/mol. The summed E-state index contributed by atoms with van der Waals surface area (Å²) in [6.07, 6.45) is 2.43. The second-order valence-electron chi connectivity index (χ2n) is 6.59. The maximum Gasteiger partial charge on any atom is 0.259 e. The lowest BCUT2D eigenvalue weighted by atomic mass is 10.0. The van der Waals surface area contributed by atoms with Gasteiger partial charge in [-0.05, 0) is 36.5 Å². The Morgan fingerprint density at radius 3 is 2.96 bits per heavy atom. The van der Waals surface area contributed by atoms with Crippen molar-refractivity contribution in [2.75, 3.05) is 33.8 Å². The number of ether oxygens (including phenoxy) is 1. The molecule has 0 saturated carbocycles. The van der Waals surface area contributed by atoms with Crippen molar-refractivity contribution in [3.63, 3.8) is 0 Å². The fourth-order valence-electron chi connectivity index (χ4n) is 2.68. The second-order valence-corrected chi connectivity index (χ2v) is 6.59. The van der Waals surface area contributed by atoms with E-state index in [-0.39, 0.29) is 12.5 Å². The van der Waals surface area contributed by atoms with Gasteiger partial charge in [0.2, 0.25) is 0 Å². The van der Waals surface area contributed by atoms with Crippen molar-refractivity contribution in [2.24, 2.45) is 16.6 Å². The first kappa shape index (κ1) is 18.1. The van der Waals surface area contributed by atoms with E-state index in [1.807, 2.05) is 24.3 Å². The van der Waals surface area contributed by atoms with E-state index in [2.05, 4.69) is 16.8 Å². The second kappa shape index (κ2) is 8.57. The molecule has 0 bridgehead atoms. The Kier molecular flexibility index (Phi) is 6.46. The highest BCUT2D eigenvalue weighted by Crippen LogP contribution is 2.16. The number of rotatable bonds is 5. The van der Waals surface area contributed by atoms with Crippen LogP contribution in [0, 0.1) is 5.92 Å². The van der Waals surface area contributed by atoms with Crippen molar-refractivity contribution in [1.29, 1.82) is 0 Å². The molecule has 24 heavy (non-hydrogen) atoms. The quantitative estimate of drug-likeness (QED) is 0.658. The predicted octanol–water partition coefficient (Wildman–Crippen LogP) is 1.70. The first-order valence-corrected chi connectivity index (χ1v) is 8.42. The van der Waals surface area contributed by atoms with Crippen molar-refractivity contribution < 1.29 is 9.53 Å². The van der Waals surface area contributed by atoms with E-state index in [1.54, 1.807) is 14.1 Å². The lowest BCUT2D eigenvalue weighted by molar-refractivity contribution is -0.130. The van der Waals surface area contributed by atoms with Gasteiger partial charge in [0, 0.05) is 27.2 Å². The molecule has 1 heterocycles. The summed E-state index contributed by atoms with van der Waals surface area (Å²) in [6, 6.07) is 7.63. The molecule has 1 atom stereocenters. The van der Waals surface area contributed by atoms with Crippen molar-refractivity contribution in [3.8, 4) is 5.75 Å². The first-order chi connectivity index (χ1) is 11.5. The molecule has 1 unspecified atom stereocenters. The smallest absolute Gasteiger partial charge is 0.259 e. The number of aliphatic imine (C=N–C) groups is 1. The van der Waals surface area contributed by atoms with Gasteiger partial charge in [-0.2, -0.15) is 0 Å². The van der Waals surface area contributed by atoms with E-state index >= 15 is 0 Å². The van der Waals surface area contributed by atoms with Gasteiger partial charge in [0.25, 0.3) is 5.91 Å². The lowest BCUT2D eigenvalue weighted by Gasteiger charge is -2.31. The maximum atomic E-state index is 11.6. The summed E-state index contributed by atoms with van der Waals surface area (Å²) >= 11 is 0. The third-order valence-electron chi connectivity index (χ3n) is 4.16. The Balaban J connectivity index is 1.91. The number of hydrogen-bond acceptors (Lipinski definition) is 3. The fourth-order valence-corrected chi connectivity index (χ4v) is 2.68. The highest BCUT2D eigenvalue weighted by Gasteiger charge is 2.17. The minimum atomic E-state index is -0.0677. The molecule has 1 aliphatic heterocycles. The standard InChI is InChI=1S/C18H28N4O2/c1-14-6-5-9-22(12-14)18(19)20-11-15-7-4-8-16(10-15)24-13-17(23)21(2)3/h4,7-8,10,14H,5-6,9,11-13H2,1-3H3,(H2,19,20). The van der Waals surface area contributed by atoms with Crippen LogP contribution in [0.25, 0.3) is 0 Å². The average Bonchev–Trinajstić information content (AvgIpc) is 2.57. The molecule has 132 valence electrons. The Hall–Kier alpha value is -2.24. The number of hydrogen-bond donors (Lipinski definition) is 1. The molecule has 2 N–H and O–H groups in total. The van der Waals surface area contributed by atoms with Crippen LogP contribution in [-0.4, -0.2) is 55.5 Å². The van der Waals surface area contributed by atoms with Crippen LogP contribution in [0.15, 0.2) is 29.3 Å². The zero-order valence-electron chi connectivity index (χ0n) is 14.9. The highest BCUT2D eigenvalue weighted by atomic mass is 16.5. The minimum absolute atomic E-state index is 0.0352. The summed E-state index contributed by atoms with van der Waals surface area (Å²) in [5.41, 5.74) is 7.13. The third kappa shape index (κ3) is 5.44. The first-order valence-electron chi connectivity index (χ1n) is 8.42. The summed E-state index contributed by atoms with van der Waals surface area (Å²) in [5.74, 6) is 1.87. The average molecular weight is 332 g/mol. The third-order valence-corrected chi connectivity index (χ3v) is 4.16. The molecule has 0 aromatic heterocycles. The molecule has 6 nitrogen and oxygen atoms in total. The minimum Gasteiger partial charge on any atom is -0.484 e. The molecule has 1 amide bonds. The van der Waals surface area contributed by atoms with Crippen molar-refractivity contribution >= 4 is 11.9 Å². The van der Waals surface area contributed by atoms with Crippen molar-refractivity contribution in [2.45, 2.75) is 26.3 Å². The van der Waals surface area contributed by atoms with E-state index in [9.17, 15) is 4.79 Å². The number of benzene rings is 1. The van der Waals surface area contributed by atoms with Gasteiger partial charge in [-0.25, -0.2) is 4.99 Å². The molecular formula is C18H28N4O2. The Bertz CT molecular complexity index is 586. The molecular weight excluding hydrogens is 304 g/mol. The summed E-state index contributed by atoms with van der Waals surface area (Å²) in [6.45, 7) is 4.75. The van der Waals surface area contributed by atoms with Crippen LogP contribution in [0.4, 0.5) is 0 Å². The summed E-state index contributed by atoms with van der Waals surface area (Å²) in [4.78, 5) is 19.7. The molecule has 1 aliphatic rings. The number of carbonyl (C=O) groups is 1. The molecule has 1 aromatic rings. The Morgan fingerprint density at radius 2 is 2.25 bits per heavy atom. The van der Waals surface area contributed by atoms with Crippen LogP contribution in [0.3, 0.4) is 0 Å². The van der Waals surface area contributed by atoms with Gasteiger partial charge in [0.1, 0.15) is 5.75 Å². The van der Waals surface area contributed by atoms with Gasteiger partial charge in [-0.3, -0.25) is 4.79 Å². The normalized spacial score (nSPS) is 18.4. The zero-order valence-corrected chi connectivity index (χ0v) is 14.9. The number of likely N-dealkylation sites (N-methyl/N-ethyl adjacent to an activating group) is 1. The lowest BCUT2D eigenvalue weighted by Crippen LogP contribution is -2.43. The van der Waals surface area contributed by atoms with Crippen LogP contribution >= 0.6 is 0 Å². The van der Waals surface area contributed by atoms with Crippen LogP contribution in [0.2, 0.25) is 0 Å². The number of nitrogens with zero attached hydrogens (tertiary/aromatic N) is 3. The van der Waals surface area contributed by atoms with E-state index in [0.717, 1.165) is 18.7 Å². The van der Waals surface area contributed by atoms with Gasteiger partial charge >= 0.3 is 0 Å².